The monoisotopic (exact) mass is 713 g/mol. The lowest BCUT2D eigenvalue weighted by Gasteiger charge is -2.44. The van der Waals surface area contributed by atoms with Crippen LogP contribution in [0.1, 0.15) is 37.3 Å². The summed E-state index contributed by atoms with van der Waals surface area (Å²) in [5.74, 6) is 2.36. The van der Waals surface area contributed by atoms with Crippen molar-refractivity contribution in [2.75, 3.05) is 40.5 Å². The van der Waals surface area contributed by atoms with E-state index in [1.165, 1.54) is 0 Å². The van der Waals surface area contributed by atoms with Crippen molar-refractivity contribution in [3.8, 4) is 23.0 Å². The van der Waals surface area contributed by atoms with E-state index >= 15 is 0 Å². The van der Waals surface area contributed by atoms with Gasteiger partial charge in [-0.05, 0) is 66.3 Å². The summed E-state index contributed by atoms with van der Waals surface area (Å²) >= 11 is 18.3. The highest BCUT2D eigenvalue weighted by atomic mass is 35.5. The van der Waals surface area contributed by atoms with Gasteiger partial charge in [-0.15, -0.1) is 0 Å². The lowest BCUT2D eigenvalue weighted by molar-refractivity contribution is -0.132. The molecule has 1 saturated heterocycles. The molecule has 3 aromatic rings. The van der Waals surface area contributed by atoms with Crippen LogP contribution in [0.2, 0.25) is 15.1 Å². The molecule has 6 rings (SSSR count). The smallest absolute Gasteiger partial charge is 0.252 e. The molecule has 254 valence electrons. The molecular formula is C36H38Cl3N3O6. The van der Waals surface area contributed by atoms with Gasteiger partial charge in [0.2, 0.25) is 5.91 Å². The first kappa shape index (κ1) is 34.2. The van der Waals surface area contributed by atoms with Gasteiger partial charge in [-0.25, -0.2) is 0 Å². The maximum absolute atomic E-state index is 14.6. The highest BCUT2D eigenvalue weighted by molar-refractivity contribution is 6.43. The predicted molar refractivity (Wildman–Crippen MR) is 187 cm³/mol. The van der Waals surface area contributed by atoms with E-state index in [-0.39, 0.29) is 43.2 Å². The van der Waals surface area contributed by atoms with Crippen LogP contribution in [0, 0.1) is 0 Å². The molecule has 2 aliphatic heterocycles. The number of methoxy groups -OCH3 is 2. The second-order valence-corrected chi connectivity index (χ2v) is 13.4. The minimum Gasteiger partial charge on any atom is -0.493 e. The molecule has 0 radical (unpaired) electrons. The first-order valence-corrected chi connectivity index (χ1v) is 17.1. The van der Waals surface area contributed by atoms with Crippen LogP contribution in [-0.2, 0) is 16.1 Å². The Morgan fingerprint density at radius 3 is 2.25 bits per heavy atom. The summed E-state index contributed by atoms with van der Waals surface area (Å²) in [4.78, 5) is 30.9. The van der Waals surface area contributed by atoms with Gasteiger partial charge in [-0.2, -0.15) is 0 Å². The lowest BCUT2D eigenvalue weighted by Crippen LogP contribution is -2.61. The Morgan fingerprint density at radius 1 is 0.854 bits per heavy atom. The van der Waals surface area contributed by atoms with Crippen molar-refractivity contribution in [2.45, 2.75) is 50.9 Å². The Bertz CT molecular complexity index is 1710. The van der Waals surface area contributed by atoms with Gasteiger partial charge in [0.25, 0.3) is 5.91 Å². The first-order valence-electron chi connectivity index (χ1n) is 15.9. The summed E-state index contributed by atoms with van der Waals surface area (Å²) < 4.78 is 22.6. The molecule has 0 aromatic heterocycles. The fourth-order valence-corrected chi connectivity index (χ4v) is 6.98. The molecule has 2 heterocycles. The third-order valence-electron chi connectivity index (χ3n) is 8.92. The zero-order valence-corrected chi connectivity index (χ0v) is 29.3. The Hall–Kier alpha value is -3.63. The van der Waals surface area contributed by atoms with Gasteiger partial charge in [0.15, 0.2) is 11.5 Å². The van der Waals surface area contributed by atoms with Gasteiger partial charge in [0.05, 0.1) is 35.3 Å². The van der Waals surface area contributed by atoms with Crippen molar-refractivity contribution in [3.05, 3.63) is 86.4 Å². The number of hydrogen-bond donors (Lipinski definition) is 1. The third kappa shape index (κ3) is 7.65. The van der Waals surface area contributed by atoms with E-state index in [0.717, 1.165) is 29.5 Å². The highest BCUT2D eigenvalue weighted by Crippen LogP contribution is 2.39. The number of hydrogen-bond acceptors (Lipinski definition) is 7. The number of ether oxygens (including phenoxy) is 4. The van der Waals surface area contributed by atoms with Crippen LogP contribution in [0.15, 0.2) is 60.2 Å². The second-order valence-electron chi connectivity index (χ2n) is 12.2. The quantitative estimate of drug-likeness (QED) is 0.166. The first-order chi connectivity index (χ1) is 23.1. The number of rotatable bonds is 12. The Labute approximate surface area is 295 Å². The highest BCUT2D eigenvalue weighted by Gasteiger charge is 2.43. The molecule has 2 fully saturated rings. The molecule has 2 unspecified atom stereocenters. The molecular weight excluding hydrogens is 677 g/mol. The van der Waals surface area contributed by atoms with Crippen molar-refractivity contribution in [2.24, 2.45) is 0 Å². The average Bonchev–Trinajstić information content (AvgIpc) is 3.93. The summed E-state index contributed by atoms with van der Waals surface area (Å²) in [5.41, 5.74) is 3.63. The summed E-state index contributed by atoms with van der Waals surface area (Å²) in [5, 5.41) is 4.74. The molecule has 1 N–H and O–H groups in total. The number of nitrogens with zero attached hydrogens (tertiary/aromatic N) is 2. The van der Waals surface area contributed by atoms with Crippen molar-refractivity contribution in [3.63, 3.8) is 0 Å². The minimum atomic E-state index is -0.281. The van der Waals surface area contributed by atoms with E-state index in [4.69, 9.17) is 53.8 Å². The average molecular weight is 715 g/mol. The molecule has 1 saturated carbocycles. The summed E-state index contributed by atoms with van der Waals surface area (Å²) in [6.45, 7) is 3.60. The van der Waals surface area contributed by atoms with E-state index in [2.05, 4.69) is 5.32 Å². The number of carbonyl (C=O) groups is 2. The molecule has 3 aliphatic rings. The van der Waals surface area contributed by atoms with E-state index < -0.39 is 0 Å². The fourth-order valence-electron chi connectivity index (χ4n) is 6.39. The van der Waals surface area contributed by atoms with Crippen molar-refractivity contribution < 1.29 is 28.5 Å². The molecule has 0 spiro atoms. The predicted octanol–water partition coefficient (Wildman–Crippen LogP) is 6.66. The van der Waals surface area contributed by atoms with Crippen LogP contribution in [0.3, 0.4) is 0 Å². The molecule has 2 bridgehead atoms. The Morgan fingerprint density at radius 2 is 1.56 bits per heavy atom. The van der Waals surface area contributed by atoms with E-state index in [1.54, 1.807) is 33.3 Å². The van der Waals surface area contributed by atoms with Gasteiger partial charge in [0.1, 0.15) is 24.7 Å². The standard InChI is InChI=1S/C36H38Cl3N3O6/c1-21(43)41-19-24-15-27(23-5-9-26(10-6-23)47-12-13-48-33-17-29(38)28(37)16-30(33)39)35(31(20-41)40-24)36(44)42(25-7-8-25)18-22-4-11-32(45-2)34(14-22)46-3/h4-6,9-11,14,16-17,24-25,31,40H,7-8,12-13,15,18-20H2,1-3H3. The van der Waals surface area contributed by atoms with Gasteiger partial charge in [0, 0.05) is 50.3 Å². The minimum absolute atomic E-state index is 0.0120. The van der Waals surface area contributed by atoms with Crippen LogP contribution in [0.5, 0.6) is 23.0 Å². The van der Waals surface area contributed by atoms with Crippen molar-refractivity contribution in [1.29, 1.82) is 0 Å². The topological polar surface area (TPSA) is 89.6 Å². The number of carbonyl (C=O) groups excluding carboxylic acids is 2. The summed E-state index contributed by atoms with van der Waals surface area (Å²) in [6.07, 6.45) is 2.53. The van der Waals surface area contributed by atoms with Crippen LogP contribution in [-0.4, -0.2) is 80.3 Å². The van der Waals surface area contributed by atoms with Gasteiger partial charge < -0.3 is 34.1 Å². The summed E-state index contributed by atoms with van der Waals surface area (Å²) in [6, 6.07) is 16.6. The number of amides is 2. The second kappa shape index (κ2) is 14.9. The van der Waals surface area contributed by atoms with E-state index in [9.17, 15) is 9.59 Å². The molecule has 12 heteroatoms. The van der Waals surface area contributed by atoms with Crippen molar-refractivity contribution >= 4 is 52.2 Å². The number of piperazine rings is 1. The van der Waals surface area contributed by atoms with Gasteiger partial charge >= 0.3 is 0 Å². The Kier molecular flexibility index (Phi) is 10.6. The number of halogens is 3. The maximum atomic E-state index is 14.6. The van der Waals surface area contributed by atoms with Gasteiger partial charge in [-0.3, -0.25) is 9.59 Å². The van der Waals surface area contributed by atoms with Crippen LogP contribution >= 0.6 is 34.8 Å². The number of benzene rings is 3. The van der Waals surface area contributed by atoms with Crippen molar-refractivity contribution in [1.82, 2.24) is 15.1 Å². The zero-order chi connectivity index (χ0) is 33.9. The van der Waals surface area contributed by atoms with Crippen LogP contribution in [0.25, 0.3) is 5.57 Å². The zero-order valence-electron chi connectivity index (χ0n) is 27.1. The normalized spacial score (nSPS) is 18.8. The SMILES string of the molecule is COc1ccc(CN(C(=O)C2=C(c3ccc(OCCOc4cc(Cl)c(Cl)cc4Cl)cc3)CC3CN(C(C)=O)CC2N3)C2CC2)cc1OC. The van der Waals surface area contributed by atoms with Crippen LogP contribution in [0.4, 0.5) is 0 Å². The maximum Gasteiger partial charge on any atom is 0.252 e. The van der Waals surface area contributed by atoms with Crippen LogP contribution < -0.4 is 24.3 Å². The Balaban J connectivity index is 1.23. The fraction of sp³-hybridized carbons (Fsp3) is 0.389. The summed E-state index contributed by atoms with van der Waals surface area (Å²) in [7, 11) is 3.21. The van der Waals surface area contributed by atoms with E-state index in [0.29, 0.717) is 69.7 Å². The number of fused-ring (bicyclic) bond motifs is 2. The molecule has 2 amide bonds. The molecule has 9 nitrogen and oxygen atoms in total. The molecule has 1 aliphatic carbocycles. The van der Waals surface area contributed by atoms with Gasteiger partial charge in [-0.1, -0.05) is 53.0 Å². The molecule has 2 atom stereocenters. The van der Waals surface area contributed by atoms with E-state index in [1.807, 2.05) is 52.3 Å². The largest absolute Gasteiger partial charge is 0.493 e. The third-order valence-corrected chi connectivity index (χ3v) is 9.93. The number of nitrogens with one attached hydrogen (secondary N) is 1. The molecule has 3 aromatic carbocycles. The molecule has 48 heavy (non-hydrogen) atoms. The lowest BCUT2D eigenvalue weighted by atomic mass is 9.82.